The SMILES string of the molecule is Cc1ccc(S(=O)(=O)N(CC(=O)N(Cc2ccccc2C)C(C)C(=O)NC2CCCC2)c2cccc(Cl)c2C)cc1. The zero-order valence-electron chi connectivity index (χ0n) is 24.1. The molecule has 1 fully saturated rings. The first kappa shape index (κ1) is 30.6. The Morgan fingerprint density at radius 1 is 0.951 bits per heavy atom. The van der Waals surface area contributed by atoms with E-state index in [1.165, 1.54) is 17.0 Å². The number of halogens is 1. The maximum atomic E-state index is 14.2. The molecule has 9 heteroatoms. The summed E-state index contributed by atoms with van der Waals surface area (Å²) in [5.41, 5.74) is 3.62. The van der Waals surface area contributed by atoms with Crippen LogP contribution < -0.4 is 9.62 Å². The van der Waals surface area contributed by atoms with Gasteiger partial charge in [-0.2, -0.15) is 0 Å². The van der Waals surface area contributed by atoms with E-state index in [4.69, 9.17) is 11.6 Å². The molecule has 0 radical (unpaired) electrons. The molecule has 1 aliphatic carbocycles. The van der Waals surface area contributed by atoms with E-state index in [9.17, 15) is 18.0 Å². The number of carbonyl (C=O) groups excluding carboxylic acids is 2. The summed E-state index contributed by atoms with van der Waals surface area (Å²) in [6, 6.07) is 18.4. The van der Waals surface area contributed by atoms with Crippen molar-refractivity contribution in [3.63, 3.8) is 0 Å². The van der Waals surface area contributed by atoms with Crippen molar-refractivity contribution >= 4 is 39.1 Å². The summed E-state index contributed by atoms with van der Waals surface area (Å²) >= 11 is 6.40. The second kappa shape index (κ2) is 13.1. The van der Waals surface area contributed by atoms with Crippen molar-refractivity contribution in [1.29, 1.82) is 0 Å². The average molecular weight is 596 g/mol. The van der Waals surface area contributed by atoms with Crippen LogP contribution in [0.4, 0.5) is 5.69 Å². The van der Waals surface area contributed by atoms with Crippen LogP contribution in [0.2, 0.25) is 5.02 Å². The molecule has 4 rings (SSSR count). The van der Waals surface area contributed by atoms with E-state index >= 15 is 0 Å². The van der Waals surface area contributed by atoms with Crippen LogP contribution in [-0.4, -0.2) is 43.8 Å². The van der Waals surface area contributed by atoms with Crippen molar-refractivity contribution in [1.82, 2.24) is 10.2 Å². The summed E-state index contributed by atoms with van der Waals surface area (Å²) in [5, 5.41) is 3.48. The van der Waals surface area contributed by atoms with Crippen molar-refractivity contribution in [2.45, 2.75) is 76.9 Å². The summed E-state index contributed by atoms with van der Waals surface area (Å²) in [5.74, 6) is -0.733. The first-order valence-electron chi connectivity index (χ1n) is 14.0. The molecule has 7 nitrogen and oxygen atoms in total. The predicted octanol–water partition coefficient (Wildman–Crippen LogP) is 5.94. The lowest BCUT2D eigenvalue weighted by Gasteiger charge is -2.33. The third-order valence-electron chi connectivity index (χ3n) is 7.87. The molecule has 1 unspecified atom stereocenters. The van der Waals surface area contributed by atoms with Crippen molar-refractivity contribution in [2.75, 3.05) is 10.8 Å². The Bertz CT molecular complexity index is 1500. The van der Waals surface area contributed by atoms with Crippen molar-refractivity contribution in [2.24, 2.45) is 0 Å². The number of rotatable bonds is 10. The van der Waals surface area contributed by atoms with Crippen LogP contribution in [0, 0.1) is 20.8 Å². The van der Waals surface area contributed by atoms with E-state index in [0.29, 0.717) is 16.3 Å². The highest BCUT2D eigenvalue weighted by atomic mass is 35.5. The van der Waals surface area contributed by atoms with Gasteiger partial charge in [0.1, 0.15) is 12.6 Å². The normalized spacial score (nSPS) is 14.5. The molecule has 1 N–H and O–H groups in total. The van der Waals surface area contributed by atoms with E-state index in [1.807, 2.05) is 38.1 Å². The zero-order valence-corrected chi connectivity index (χ0v) is 25.6. The lowest BCUT2D eigenvalue weighted by atomic mass is 10.1. The van der Waals surface area contributed by atoms with Gasteiger partial charge in [-0.3, -0.25) is 13.9 Å². The van der Waals surface area contributed by atoms with E-state index in [0.717, 1.165) is 46.7 Å². The number of benzene rings is 3. The minimum Gasteiger partial charge on any atom is -0.352 e. The van der Waals surface area contributed by atoms with Crippen LogP contribution in [0.3, 0.4) is 0 Å². The topological polar surface area (TPSA) is 86.8 Å². The highest BCUT2D eigenvalue weighted by Crippen LogP contribution is 2.31. The highest BCUT2D eigenvalue weighted by molar-refractivity contribution is 7.92. The van der Waals surface area contributed by atoms with Crippen LogP contribution in [-0.2, 0) is 26.2 Å². The molecular formula is C32H38ClN3O4S. The van der Waals surface area contributed by atoms with E-state index in [-0.39, 0.29) is 23.4 Å². The molecule has 41 heavy (non-hydrogen) atoms. The van der Waals surface area contributed by atoms with Crippen molar-refractivity contribution < 1.29 is 18.0 Å². The smallest absolute Gasteiger partial charge is 0.264 e. The second-order valence-corrected chi connectivity index (χ2v) is 13.1. The number of nitrogens with zero attached hydrogens (tertiary/aromatic N) is 2. The number of carbonyl (C=O) groups is 2. The zero-order chi connectivity index (χ0) is 29.7. The molecule has 0 aliphatic heterocycles. The lowest BCUT2D eigenvalue weighted by Crippen LogP contribution is -2.52. The molecule has 3 aromatic carbocycles. The van der Waals surface area contributed by atoms with Gasteiger partial charge < -0.3 is 10.2 Å². The monoisotopic (exact) mass is 595 g/mol. The first-order valence-corrected chi connectivity index (χ1v) is 15.8. The van der Waals surface area contributed by atoms with Gasteiger partial charge in [0.25, 0.3) is 10.0 Å². The molecule has 1 saturated carbocycles. The maximum absolute atomic E-state index is 14.2. The predicted molar refractivity (Wildman–Crippen MR) is 163 cm³/mol. The summed E-state index contributed by atoms with van der Waals surface area (Å²) < 4.78 is 29.2. The van der Waals surface area contributed by atoms with Gasteiger partial charge in [-0.15, -0.1) is 0 Å². The van der Waals surface area contributed by atoms with Crippen molar-refractivity contribution in [3.05, 3.63) is 94.0 Å². The summed E-state index contributed by atoms with van der Waals surface area (Å²) in [6.07, 6.45) is 3.97. The molecule has 1 aliphatic rings. The summed E-state index contributed by atoms with van der Waals surface area (Å²) in [4.78, 5) is 29.1. The number of nitrogens with one attached hydrogen (secondary N) is 1. The molecule has 0 spiro atoms. The van der Waals surface area contributed by atoms with Gasteiger partial charge in [0.2, 0.25) is 11.8 Å². The van der Waals surface area contributed by atoms with E-state index in [2.05, 4.69) is 5.32 Å². The van der Waals surface area contributed by atoms with Gasteiger partial charge in [0.15, 0.2) is 0 Å². The molecule has 0 aromatic heterocycles. The second-order valence-electron chi connectivity index (χ2n) is 10.8. The minimum absolute atomic E-state index is 0.0627. The molecule has 218 valence electrons. The molecule has 0 heterocycles. The largest absolute Gasteiger partial charge is 0.352 e. The van der Waals surface area contributed by atoms with Gasteiger partial charge in [-0.25, -0.2) is 8.42 Å². The number of anilines is 1. The molecule has 0 bridgehead atoms. The van der Waals surface area contributed by atoms with Gasteiger partial charge in [-0.05, 0) is 81.5 Å². The molecule has 0 saturated heterocycles. The highest BCUT2D eigenvalue weighted by Gasteiger charge is 2.34. The number of amides is 2. The first-order chi connectivity index (χ1) is 19.5. The van der Waals surface area contributed by atoms with Crippen LogP contribution in [0.25, 0.3) is 0 Å². The van der Waals surface area contributed by atoms with Gasteiger partial charge >= 0.3 is 0 Å². The van der Waals surface area contributed by atoms with Crippen molar-refractivity contribution in [3.8, 4) is 0 Å². The van der Waals surface area contributed by atoms with Gasteiger partial charge in [0, 0.05) is 17.6 Å². The van der Waals surface area contributed by atoms with E-state index in [1.54, 1.807) is 44.2 Å². The van der Waals surface area contributed by atoms with Crippen LogP contribution in [0.15, 0.2) is 71.6 Å². The number of hydrogen-bond donors (Lipinski definition) is 1. The quantitative estimate of drug-likeness (QED) is 0.314. The molecule has 1 atom stereocenters. The number of aryl methyl sites for hydroxylation is 2. The number of hydrogen-bond acceptors (Lipinski definition) is 4. The van der Waals surface area contributed by atoms with Crippen LogP contribution >= 0.6 is 11.6 Å². The maximum Gasteiger partial charge on any atom is 0.264 e. The fourth-order valence-corrected chi connectivity index (χ4v) is 6.80. The number of sulfonamides is 1. The Hall–Kier alpha value is -3.36. The molecule has 3 aromatic rings. The Labute approximate surface area is 248 Å². The third-order valence-corrected chi connectivity index (χ3v) is 10.0. The van der Waals surface area contributed by atoms with Gasteiger partial charge in [0.05, 0.1) is 10.6 Å². The Kier molecular flexibility index (Phi) is 9.76. The standard InChI is InChI=1S/C32H38ClN3O4S/c1-22-16-18-28(19-17-22)41(39,40)36(30-15-9-14-29(33)24(30)3)21-31(37)35(20-26-11-6-5-10-23(26)2)25(4)32(38)34-27-12-7-8-13-27/h5-6,9-11,14-19,25,27H,7-8,12-13,20-21H2,1-4H3,(H,34,38). The average Bonchev–Trinajstić information content (AvgIpc) is 3.45. The Morgan fingerprint density at radius 2 is 1.61 bits per heavy atom. The fraction of sp³-hybridized carbons (Fsp3) is 0.375. The Balaban J connectivity index is 1.73. The summed E-state index contributed by atoms with van der Waals surface area (Å²) in [6.45, 7) is 6.92. The van der Waals surface area contributed by atoms with E-state index < -0.39 is 28.5 Å². The van der Waals surface area contributed by atoms with Crippen LogP contribution in [0.5, 0.6) is 0 Å². The Morgan fingerprint density at radius 3 is 2.27 bits per heavy atom. The molecule has 2 amide bonds. The summed E-state index contributed by atoms with van der Waals surface area (Å²) in [7, 11) is -4.16. The van der Waals surface area contributed by atoms with Gasteiger partial charge in [-0.1, -0.05) is 72.5 Å². The minimum atomic E-state index is -4.16. The molecular weight excluding hydrogens is 558 g/mol. The fourth-order valence-electron chi connectivity index (χ4n) is 5.16. The third kappa shape index (κ3) is 7.11. The lowest BCUT2D eigenvalue weighted by molar-refractivity contribution is -0.139. The van der Waals surface area contributed by atoms with Crippen LogP contribution in [0.1, 0.15) is 54.9 Å².